The van der Waals surface area contributed by atoms with Gasteiger partial charge < -0.3 is 10.1 Å². The zero-order valence-corrected chi connectivity index (χ0v) is 16.6. The molecule has 1 N–H and O–H groups in total. The lowest BCUT2D eigenvalue weighted by atomic mass is 10.1. The van der Waals surface area contributed by atoms with Gasteiger partial charge in [0.25, 0.3) is 0 Å². The van der Waals surface area contributed by atoms with E-state index in [2.05, 4.69) is 12.2 Å². The minimum atomic E-state index is 0. The van der Waals surface area contributed by atoms with Crippen molar-refractivity contribution in [3.05, 3.63) is 30.3 Å². The molecule has 0 aromatic heterocycles. The number of hydrogen-bond acceptors (Lipinski definition) is 2. The van der Waals surface area contributed by atoms with E-state index in [1.165, 1.54) is 64.2 Å². The third-order valence-corrected chi connectivity index (χ3v) is 4.00. The molecule has 0 bridgehead atoms. The predicted octanol–water partition coefficient (Wildman–Crippen LogP) is 6.15. The first-order chi connectivity index (χ1) is 10.9. The van der Waals surface area contributed by atoms with Gasteiger partial charge in [0, 0.05) is 6.54 Å². The first-order valence-electron chi connectivity index (χ1n) is 9.32. The molecule has 0 atom stereocenters. The summed E-state index contributed by atoms with van der Waals surface area (Å²) in [5, 5.41) is 3.46. The molecule has 0 saturated carbocycles. The lowest BCUT2D eigenvalue weighted by molar-refractivity contribution is 0.313. The molecular formula is C20H36BrNO. The van der Waals surface area contributed by atoms with Crippen molar-refractivity contribution in [1.82, 2.24) is 5.32 Å². The summed E-state index contributed by atoms with van der Waals surface area (Å²) >= 11 is 0. The second-order valence-corrected chi connectivity index (χ2v) is 6.09. The number of benzene rings is 1. The second kappa shape index (κ2) is 17.8. The number of nitrogens with one attached hydrogen (secondary N) is 1. The van der Waals surface area contributed by atoms with Crippen molar-refractivity contribution in [3.63, 3.8) is 0 Å². The minimum Gasteiger partial charge on any atom is -0.492 e. The Hall–Kier alpha value is -0.540. The Balaban J connectivity index is 0.00000484. The Morgan fingerprint density at radius 3 is 1.91 bits per heavy atom. The largest absolute Gasteiger partial charge is 0.492 e. The maximum absolute atomic E-state index is 5.64. The highest BCUT2D eigenvalue weighted by molar-refractivity contribution is 8.93. The molecule has 1 rings (SSSR count). The van der Waals surface area contributed by atoms with Crippen LogP contribution in [-0.2, 0) is 0 Å². The molecule has 0 saturated heterocycles. The van der Waals surface area contributed by atoms with Gasteiger partial charge in [-0.25, -0.2) is 0 Å². The molecular weight excluding hydrogens is 350 g/mol. The average Bonchev–Trinajstić information content (AvgIpc) is 2.56. The maximum Gasteiger partial charge on any atom is 0.119 e. The van der Waals surface area contributed by atoms with Gasteiger partial charge in [-0.2, -0.15) is 0 Å². The molecule has 0 radical (unpaired) electrons. The van der Waals surface area contributed by atoms with Gasteiger partial charge >= 0.3 is 0 Å². The number of hydrogen-bond donors (Lipinski definition) is 1. The van der Waals surface area contributed by atoms with Crippen LogP contribution in [0.4, 0.5) is 0 Å². The fourth-order valence-electron chi connectivity index (χ4n) is 2.62. The van der Waals surface area contributed by atoms with Crippen LogP contribution in [0.5, 0.6) is 5.75 Å². The summed E-state index contributed by atoms with van der Waals surface area (Å²) in [5.41, 5.74) is 0. The maximum atomic E-state index is 5.64. The van der Waals surface area contributed by atoms with Gasteiger partial charge in [-0.05, 0) is 25.1 Å². The molecule has 0 spiro atoms. The summed E-state index contributed by atoms with van der Waals surface area (Å²) in [6.45, 7) is 5.09. The van der Waals surface area contributed by atoms with Crippen molar-refractivity contribution < 1.29 is 4.74 Å². The van der Waals surface area contributed by atoms with Crippen LogP contribution >= 0.6 is 17.0 Å². The fraction of sp³-hybridized carbons (Fsp3) is 0.700. The van der Waals surface area contributed by atoms with Crippen molar-refractivity contribution in [2.75, 3.05) is 19.7 Å². The Bertz CT molecular complexity index is 332. The molecule has 0 fully saturated rings. The van der Waals surface area contributed by atoms with E-state index in [-0.39, 0.29) is 17.0 Å². The van der Waals surface area contributed by atoms with E-state index >= 15 is 0 Å². The van der Waals surface area contributed by atoms with Gasteiger partial charge in [0.1, 0.15) is 12.4 Å². The highest BCUT2D eigenvalue weighted by Crippen LogP contribution is 2.10. The van der Waals surface area contributed by atoms with Gasteiger partial charge in [0.15, 0.2) is 0 Å². The first-order valence-corrected chi connectivity index (χ1v) is 9.32. The summed E-state index contributed by atoms with van der Waals surface area (Å²) in [7, 11) is 0. The second-order valence-electron chi connectivity index (χ2n) is 6.09. The smallest absolute Gasteiger partial charge is 0.119 e. The van der Waals surface area contributed by atoms with E-state index in [1.54, 1.807) is 0 Å². The number of rotatable bonds is 15. The molecule has 0 aliphatic rings. The highest BCUT2D eigenvalue weighted by atomic mass is 79.9. The van der Waals surface area contributed by atoms with E-state index in [1.807, 2.05) is 30.3 Å². The predicted molar refractivity (Wildman–Crippen MR) is 107 cm³/mol. The molecule has 23 heavy (non-hydrogen) atoms. The zero-order chi connectivity index (χ0) is 15.7. The van der Waals surface area contributed by atoms with Crippen molar-refractivity contribution in [1.29, 1.82) is 0 Å². The molecule has 1 aromatic rings. The van der Waals surface area contributed by atoms with Crippen LogP contribution in [-0.4, -0.2) is 19.7 Å². The van der Waals surface area contributed by atoms with E-state index < -0.39 is 0 Å². The molecule has 2 nitrogen and oxygen atoms in total. The summed E-state index contributed by atoms with van der Waals surface area (Å²) in [5.74, 6) is 0.961. The quantitative estimate of drug-likeness (QED) is 0.365. The van der Waals surface area contributed by atoms with Crippen LogP contribution in [0.3, 0.4) is 0 Å². The fourth-order valence-corrected chi connectivity index (χ4v) is 2.62. The van der Waals surface area contributed by atoms with Crippen LogP contribution in [0.15, 0.2) is 30.3 Å². The number of para-hydroxylation sites is 1. The highest BCUT2D eigenvalue weighted by Gasteiger charge is 1.94. The molecule has 134 valence electrons. The number of halogens is 1. The van der Waals surface area contributed by atoms with Crippen molar-refractivity contribution >= 4 is 17.0 Å². The van der Waals surface area contributed by atoms with Crippen LogP contribution in [0, 0.1) is 0 Å². The lowest BCUT2D eigenvalue weighted by Crippen LogP contribution is -2.22. The van der Waals surface area contributed by atoms with E-state index in [9.17, 15) is 0 Å². The van der Waals surface area contributed by atoms with Crippen molar-refractivity contribution in [2.45, 2.75) is 71.1 Å². The van der Waals surface area contributed by atoms with Crippen LogP contribution < -0.4 is 10.1 Å². The van der Waals surface area contributed by atoms with Gasteiger partial charge in [0.05, 0.1) is 0 Å². The zero-order valence-electron chi connectivity index (χ0n) is 14.9. The molecule has 0 amide bonds. The Kier molecular flexibility index (Phi) is 17.4. The Morgan fingerprint density at radius 2 is 1.30 bits per heavy atom. The average molecular weight is 386 g/mol. The third-order valence-electron chi connectivity index (χ3n) is 4.00. The molecule has 1 aromatic carbocycles. The first kappa shape index (κ1) is 22.5. The normalized spacial score (nSPS) is 10.3. The molecule has 0 aliphatic heterocycles. The van der Waals surface area contributed by atoms with E-state index in [0.717, 1.165) is 25.4 Å². The van der Waals surface area contributed by atoms with E-state index in [4.69, 9.17) is 4.74 Å². The SMILES string of the molecule is Br.CCCCCCCCCCCCNCCOc1ccccc1. The molecule has 0 heterocycles. The van der Waals surface area contributed by atoms with Crippen molar-refractivity contribution in [2.24, 2.45) is 0 Å². The van der Waals surface area contributed by atoms with Gasteiger partial charge in [-0.1, -0.05) is 82.9 Å². The van der Waals surface area contributed by atoms with Gasteiger partial charge in [0.2, 0.25) is 0 Å². The van der Waals surface area contributed by atoms with Gasteiger partial charge in [-0.15, -0.1) is 17.0 Å². The Labute approximate surface area is 154 Å². The van der Waals surface area contributed by atoms with Crippen LogP contribution in [0.1, 0.15) is 71.1 Å². The topological polar surface area (TPSA) is 21.3 Å². The third kappa shape index (κ3) is 14.8. The van der Waals surface area contributed by atoms with Crippen LogP contribution in [0.25, 0.3) is 0 Å². The Morgan fingerprint density at radius 1 is 0.739 bits per heavy atom. The summed E-state index contributed by atoms with van der Waals surface area (Å²) in [4.78, 5) is 0. The molecule has 0 aliphatic carbocycles. The lowest BCUT2D eigenvalue weighted by Gasteiger charge is -2.07. The van der Waals surface area contributed by atoms with Gasteiger partial charge in [-0.3, -0.25) is 0 Å². The monoisotopic (exact) mass is 385 g/mol. The minimum absolute atomic E-state index is 0. The molecule has 0 unspecified atom stereocenters. The number of unbranched alkanes of at least 4 members (excludes halogenated alkanes) is 9. The van der Waals surface area contributed by atoms with Crippen LogP contribution in [0.2, 0.25) is 0 Å². The summed E-state index contributed by atoms with van der Waals surface area (Å²) < 4.78 is 5.64. The van der Waals surface area contributed by atoms with E-state index in [0.29, 0.717) is 0 Å². The van der Waals surface area contributed by atoms with Crippen molar-refractivity contribution in [3.8, 4) is 5.75 Å². The number of ether oxygens (including phenoxy) is 1. The summed E-state index contributed by atoms with van der Waals surface area (Å²) in [6.07, 6.45) is 14.0. The standard InChI is InChI=1S/C20H35NO.BrH/c1-2-3-4-5-6-7-8-9-10-14-17-21-18-19-22-20-15-12-11-13-16-20;/h11-13,15-16,21H,2-10,14,17-19H2,1H3;1H. The summed E-state index contributed by atoms with van der Waals surface area (Å²) in [6, 6.07) is 10.0. The molecule has 3 heteroatoms.